The molecular weight excluding hydrogens is 311 g/mol. The lowest BCUT2D eigenvalue weighted by atomic mass is 10.0. The van der Waals surface area contributed by atoms with Gasteiger partial charge in [0, 0.05) is 6.08 Å². The van der Waals surface area contributed by atoms with Gasteiger partial charge in [0.05, 0.1) is 11.6 Å². The van der Waals surface area contributed by atoms with E-state index in [1.165, 1.54) is 18.2 Å². The summed E-state index contributed by atoms with van der Waals surface area (Å²) >= 11 is 0. The molecule has 1 saturated heterocycles. The summed E-state index contributed by atoms with van der Waals surface area (Å²) in [6.45, 7) is 3.75. The average Bonchev–Trinajstić information content (AvgIpc) is 2.86. The van der Waals surface area contributed by atoms with Gasteiger partial charge in [0.1, 0.15) is 6.61 Å². The second-order valence-corrected chi connectivity index (χ2v) is 5.51. The van der Waals surface area contributed by atoms with Gasteiger partial charge in [-0.3, -0.25) is 4.79 Å². The Morgan fingerprint density at radius 1 is 1.35 bits per heavy atom. The molecule has 1 unspecified atom stereocenters. The number of carbonyl (C=O) groups is 2. The first kappa shape index (κ1) is 17.1. The molecular formula is C16H16F3NO3. The third-order valence-corrected chi connectivity index (χ3v) is 3.58. The highest BCUT2D eigenvalue weighted by Gasteiger charge is 2.38. The number of nitrogens with zero attached hydrogens (tertiary/aromatic N) is 1. The quantitative estimate of drug-likeness (QED) is 0.795. The number of cyclic esters (lactones) is 1. The van der Waals surface area contributed by atoms with Crippen LogP contribution in [0.4, 0.5) is 18.0 Å². The predicted octanol–water partition coefficient (Wildman–Crippen LogP) is 3.72. The van der Waals surface area contributed by atoms with Crippen molar-refractivity contribution < 1.29 is 27.5 Å². The van der Waals surface area contributed by atoms with E-state index in [1.807, 2.05) is 13.8 Å². The summed E-state index contributed by atoms with van der Waals surface area (Å²) in [5.74, 6) is -0.704. The van der Waals surface area contributed by atoms with Crippen LogP contribution < -0.4 is 0 Å². The standard InChI is InChI=1S/C16H16F3NO3/c1-10(2)13-9-23-15(22)20(13)14(21)8-7-11-5-3-4-6-12(11)16(17,18)19/h3-8,10,13H,9H2,1-2H3. The Labute approximate surface area is 131 Å². The van der Waals surface area contributed by atoms with Crippen molar-refractivity contribution in [2.24, 2.45) is 5.92 Å². The number of hydrogen-bond acceptors (Lipinski definition) is 3. The number of rotatable bonds is 3. The van der Waals surface area contributed by atoms with Gasteiger partial charge in [-0.05, 0) is 23.6 Å². The molecule has 0 spiro atoms. The minimum absolute atomic E-state index is 0.0127. The molecule has 1 aliphatic rings. The van der Waals surface area contributed by atoms with Gasteiger partial charge in [0.25, 0.3) is 5.91 Å². The van der Waals surface area contributed by atoms with Gasteiger partial charge >= 0.3 is 12.3 Å². The van der Waals surface area contributed by atoms with Crippen molar-refractivity contribution in [3.05, 3.63) is 41.5 Å². The third-order valence-electron chi connectivity index (χ3n) is 3.58. The smallest absolute Gasteiger partial charge is 0.417 e. The fraction of sp³-hybridized carbons (Fsp3) is 0.375. The normalized spacial score (nSPS) is 18.8. The zero-order valence-electron chi connectivity index (χ0n) is 12.6. The summed E-state index contributed by atoms with van der Waals surface area (Å²) in [5.41, 5.74) is -0.976. The van der Waals surface area contributed by atoms with Gasteiger partial charge < -0.3 is 4.74 Å². The number of carbonyl (C=O) groups excluding carboxylic acids is 2. The van der Waals surface area contributed by atoms with Gasteiger partial charge in [-0.2, -0.15) is 13.2 Å². The highest BCUT2D eigenvalue weighted by molar-refractivity contribution is 6.02. The van der Waals surface area contributed by atoms with Crippen molar-refractivity contribution >= 4 is 18.1 Å². The maximum atomic E-state index is 12.9. The Kier molecular flexibility index (Phi) is 4.77. The van der Waals surface area contributed by atoms with Crippen LogP contribution in [-0.4, -0.2) is 29.5 Å². The molecule has 7 heteroatoms. The number of halogens is 3. The molecule has 0 aliphatic carbocycles. The Hall–Kier alpha value is -2.31. The van der Waals surface area contributed by atoms with E-state index in [0.717, 1.165) is 23.1 Å². The predicted molar refractivity (Wildman–Crippen MR) is 77.3 cm³/mol. The lowest BCUT2D eigenvalue weighted by Crippen LogP contribution is -2.40. The van der Waals surface area contributed by atoms with Crippen LogP contribution in [0.5, 0.6) is 0 Å². The zero-order chi connectivity index (χ0) is 17.2. The average molecular weight is 327 g/mol. The van der Waals surface area contributed by atoms with Gasteiger partial charge in [0.2, 0.25) is 0 Å². The van der Waals surface area contributed by atoms with E-state index in [9.17, 15) is 22.8 Å². The molecule has 1 aliphatic heterocycles. The summed E-state index contributed by atoms with van der Waals surface area (Å²) in [6.07, 6.45) is -3.26. The third kappa shape index (κ3) is 3.72. The minimum atomic E-state index is -4.52. The van der Waals surface area contributed by atoms with Gasteiger partial charge in [-0.25, -0.2) is 9.69 Å². The maximum Gasteiger partial charge on any atom is 0.417 e. The van der Waals surface area contributed by atoms with Crippen molar-refractivity contribution in [2.75, 3.05) is 6.61 Å². The van der Waals surface area contributed by atoms with E-state index in [1.54, 1.807) is 0 Å². The van der Waals surface area contributed by atoms with E-state index in [4.69, 9.17) is 4.74 Å². The van der Waals surface area contributed by atoms with Gasteiger partial charge in [-0.15, -0.1) is 0 Å². The molecule has 0 aromatic heterocycles. The minimum Gasteiger partial charge on any atom is -0.447 e. The van der Waals surface area contributed by atoms with Crippen LogP contribution in [0, 0.1) is 5.92 Å². The summed E-state index contributed by atoms with van der Waals surface area (Å²) in [4.78, 5) is 24.7. The number of imide groups is 1. The second-order valence-electron chi connectivity index (χ2n) is 5.51. The van der Waals surface area contributed by atoms with E-state index in [-0.39, 0.29) is 18.1 Å². The second kappa shape index (κ2) is 6.44. The number of alkyl halides is 3. The molecule has 0 radical (unpaired) electrons. The highest BCUT2D eigenvalue weighted by atomic mass is 19.4. The van der Waals surface area contributed by atoms with Gasteiger partial charge in [-0.1, -0.05) is 32.0 Å². The van der Waals surface area contributed by atoms with Crippen LogP contribution in [0.25, 0.3) is 6.08 Å². The van der Waals surface area contributed by atoms with Crippen LogP contribution in [0.2, 0.25) is 0 Å². The molecule has 4 nitrogen and oxygen atoms in total. The molecule has 0 saturated carbocycles. The van der Waals surface area contributed by atoms with Crippen LogP contribution >= 0.6 is 0 Å². The van der Waals surface area contributed by atoms with Crippen molar-refractivity contribution in [3.8, 4) is 0 Å². The van der Waals surface area contributed by atoms with Gasteiger partial charge in [0.15, 0.2) is 0 Å². The summed E-state index contributed by atoms with van der Waals surface area (Å²) in [7, 11) is 0. The Morgan fingerprint density at radius 2 is 2.00 bits per heavy atom. The first-order valence-electron chi connectivity index (χ1n) is 7.06. The molecule has 0 N–H and O–H groups in total. The molecule has 1 aromatic rings. The first-order chi connectivity index (χ1) is 10.7. The fourth-order valence-corrected chi connectivity index (χ4v) is 2.32. The molecule has 2 rings (SSSR count). The fourth-order valence-electron chi connectivity index (χ4n) is 2.32. The molecule has 1 aromatic carbocycles. The summed E-state index contributed by atoms with van der Waals surface area (Å²) < 4.78 is 43.5. The van der Waals surface area contributed by atoms with Crippen molar-refractivity contribution in [1.82, 2.24) is 4.90 Å². The zero-order valence-corrected chi connectivity index (χ0v) is 12.6. The van der Waals surface area contributed by atoms with E-state index in [0.29, 0.717) is 0 Å². The Bertz CT molecular complexity index is 638. The topological polar surface area (TPSA) is 46.6 Å². The lowest BCUT2D eigenvalue weighted by Gasteiger charge is -2.21. The first-order valence-corrected chi connectivity index (χ1v) is 7.06. The molecule has 23 heavy (non-hydrogen) atoms. The highest BCUT2D eigenvalue weighted by Crippen LogP contribution is 2.32. The summed E-state index contributed by atoms with van der Waals surface area (Å²) in [6, 6.07) is 4.49. The Balaban J connectivity index is 2.24. The molecule has 1 fully saturated rings. The van der Waals surface area contributed by atoms with Crippen LogP contribution in [-0.2, 0) is 15.7 Å². The number of hydrogen-bond donors (Lipinski definition) is 0. The lowest BCUT2D eigenvalue weighted by molar-refractivity contribution is -0.137. The summed E-state index contributed by atoms with van der Waals surface area (Å²) in [5, 5.41) is 0. The molecule has 0 bridgehead atoms. The number of ether oxygens (including phenoxy) is 1. The van der Waals surface area contributed by atoms with Crippen molar-refractivity contribution in [1.29, 1.82) is 0 Å². The van der Waals surface area contributed by atoms with E-state index in [2.05, 4.69) is 0 Å². The number of benzene rings is 1. The van der Waals surface area contributed by atoms with Crippen LogP contribution in [0.15, 0.2) is 30.3 Å². The van der Waals surface area contributed by atoms with E-state index < -0.39 is 29.8 Å². The van der Waals surface area contributed by atoms with Crippen LogP contribution in [0.1, 0.15) is 25.0 Å². The molecule has 1 heterocycles. The monoisotopic (exact) mass is 327 g/mol. The SMILES string of the molecule is CC(C)C1COC(=O)N1C(=O)C=Cc1ccccc1C(F)(F)F. The van der Waals surface area contributed by atoms with Crippen molar-refractivity contribution in [2.45, 2.75) is 26.1 Å². The van der Waals surface area contributed by atoms with Crippen molar-refractivity contribution in [3.63, 3.8) is 0 Å². The molecule has 2 amide bonds. The van der Waals surface area contributed by atoms with Crippen LogP contribution in [0.3, 0.4) is 0 Å². The largest absolute Gasteiger partial charge is 0.447 e. The number of amides is 2. The van der Waals surface area contributed by atoms with E-state index >= 15 is 0 Å². The molecule has 124 valence electrons. The Morgan fingerprint density at radius 3 is 2.61 bits per heavy atom. The molecule has 1 atom stereocenters. The maximum absolute atomic E-state index is 12.9.